The van der Waals surface area contributed by atoms with Crippen LogP contribution in [0.4, 0.5) is 0 Å². The normalized spacial score (nSPS) is 20.9. The quantitative estimate of drug-likeness (QED) is 0.894. The van der Waals surface area contributed by atoms with Gasteiger partial charge in [0.15, 0.2) is 0 Å². The molecule has 0 saturated carbocycles. The fraction of sp³-hybridized carbons (Fsp3) is 0.571. The molecule has 1 fully saturated rings. The van der Waals surface area contributed by atoms with E-state index in [2.05, 4.69) is 0 Å². The molecular weight excluding hydrogens is 250 g/mol. The Kier molecular flexibility index (Phi) is 4.87. The summed E-state index contributed by atoms with van der Waals surface area (Å²) in [7, 11) is 0. The third-order valence-corrected chi connectivity index (χ3v) is 3.45. The summed E-state index contributed by atoms with van der Waals surface area (Å²) in [6.45, 7) is 4.30. The molecule has 1 aliphatic rings. The lowest BCUT2D eigenvalue weighted by Gasteiger charge is -2.16. The van der Waals surface area contributed by atoms with Gasteiger partial charge in [0.2, 0.25) is 0 Å². The van der Waals surface area contributed by atoms with Crippen molar-refractivity contribution in [3.05, 3.63) is 28.8 Å². The van der Waals surface area contributed by atoms with Gasteiger partial charge >= 0.3 is 0 Å². The summed E-state index contributed by atoms with van der Waals surface area (Å²) in [6, 6.07) is 5.82. The van der Waals surface area contributed by atoms with Crippen LogP contribution in [0.25, 0.3) is 0 Å². The van der Waals surface area contributed by atoms with E-state index in [-0.39, 0.29) is 6.04 Å². The van der Waals surface area contributed by atoms with Gasteiger partial charge in [-0.25, -0.2) is 0 Å². The van der Waals surface area contributed by atoms with Crippen molar-refractivity contribution >= 4 is 11.6 Å². The number of benzene rings is 1. The van der Waals surface area contributed by atoms with Gasteiger partial charge in [0.25, 0.3) is 0 Å². The van der Waals surface area contributed by atoms with Crippen LogP contribution < -0.4 is 10.5 Å². The molecule has 4 heteroatoms. The second kappa shape index (κ2) is 6.41. The van der Waals surface area contributed by atoms with E-state index < -0.39 is 0 Å². The van der Waals surface area contributed by atoms with Crippen LogP contribution in [0, 0.1) is 5.92 Å². The molecule has 2 N–H and O–H groups in total. The SMILES string of the molecule is CC(N)Cc1c(Cl)cccc1OCC1CCOC1. The maximum absolute atomic E-state index is 6.21. The van der Waals surface area contributed by atoms with Crippen molar-refractivity contribution in [2.45, 2.75) is 25.8 Å². The number of ether oxygens (including phenoxy) is 2. The van der Waals surface area contributed by atoms with E-state index in [1.807, 2.05) is 25.1 Å². The average Bonchev–Trinajstić information content (AvgIpc) is 2.82. The van der Waals surface area contributed by atoms with E-state index in [1.165, 1.54) is 0 Å². The van der Waals surface area contributed by atoms with Gasteiger partial charge in [-0.2, -0.15) is 0 Å². The Balaban J connectivity index is 2.03. The average molecular weight is 270 g/mol. The van der Waals surface area contributed by atoms with Gasteiger partial charge in [0.1, 0.15) is 5.75 Å². The standard InChI is InChI=1S/C14H20ClNO2/c1-10(16)7-12-13(15)3-2-4-14(12)18-9-11-5-6-17-8-11/h2-4,10-11H,5-9,16H2,1H3. The number of halogens is 1. The highest BCUT2D eigenvalue weighted by atomic mass is 35.5. The Labute approximate surface area is 113 Å². The highest BCUT2D eigenvalue weighted by molar-refractivity contribution is 6.31. The molecule has 0 aliphatic carbocycles. The smallest absolute Gasteiger partial charge is 0.124 e. The van der Waals surface area contributed by atoms with Gasteiger partial charge in [0, 0.05) is 29.2 Å². The number of nitrogens with two attached hydrogens (primary N) is 1. The van der Waals surface area contributed by atoms with E-state index >= 15 is 0 Å². The lowest BCUT2D eigenvalue weighted by atomic mass is 10.1. The third kappa shape index (κ3) is 3.61. The summed E-state index contributed by atoms with van der Waals surface area (Å²) in [5.74, 6) is 1.35. The van der Waals surface area contributed by atoms with Gasteiger partial charge in [-0.15, -0.1) is 0 Å². The Morgan fingerprint density at radius 2 is 2.39 bits per heavy atom. The molecule has 18 heavy (non-hydrogen) atoms. The Bertz CT molecular complexity index is 389. The van der Waals surface area contributed by atoms with Crippen LogP contribution in [0.5, 0.6) is 5.75 Å². The lowest BCUT2D eigenvalue weighted by Crippen LogP contribution is -2.19. The van der Waals surface area contributed by atoms with E-state index in [0.29, 0.717) is 12.5 Å². The second-order valence-electron chi connectivity index (χ2n) is 4.94. The van der Waals surface area contributed by atoms with Crippen molar-refractivity contribution in [2.24, 2.45) is 11.7 Å². The van der Waals surface area contributed by atoms with E-state index in [0.717, 1.165) is 42.4 Å². The summed E-state index contributed by atoms with van der Waals surface area (Å²) in [5.41, 5.74) is 6.85. The fourth-order valence-electron chi connectivity index (χ4n) is 2.12. The van der Waals surface area contributed by atoms with Crippen LogP contribution in [-0.4, -0.2) is 25.9 Å². The Morgan fingerprint density at radius 1 is 1.56 bits per heavy atom. The number of rotatable bonds is 5. The van der Waals surface area contributed by atoms with E-state index in [4.69, 9.17) is 26.8 Å². The van der Waals surface area contributed by atoms with Crippen LogP contribution in [0.3, 0.4) is 0 Å². The van der Waals surface area contributed by atoms with Crippen molar-refractivity contribution < 1.29 is 9.47 Å². The predicted molar refractivity (Wildman–Crippen MR) is 73.2 cm³/mol. The molecule has 2 atom stereocenters. The summed E-state index contributed by atoms with van der Waals surface area (Å²) >= 11 is 6.21. The van der Waals surface area contributed by atoms with Gasteiger partial charge in [-0.1, -0.05) is 17.7 Å². The van der Waals surface area contributed by atoms with Crippen molar-refractivity contribution in [2.75, 3.05) is 19.8 Å². The number of hydrogen-bond acceptors (Lipinski definition) is 3. The van der Waals surface area contributed by atoms with Gasteiger partial charge in [-0.3, -0.25) is 0 Å². The summed E-state index contributed by atoms with van der Waals surface area (Å²) in [6.07, 6.45) is 1.80. The molecule has 0 amide bonds. The van der Waals surface area contributed by atoms with Crippen molar-refractivity contribution in [1.29, 1.82) is 0 Å². The molecule has 1 aromatic rings. The monoisotopic (exact) mass is 269 g/mol. The summed E-state index contributed by atoms with van der Waals surface area (Å²) in [4.78, 5) is 0. The van der Waals surface area contributed by atoms with E-state index in [1.54, 1.807) is 0 Å². The van der Waals surface area contributed by atoms with Crippen molar-refractivity contribution in [3.63, 3.8) is 0 Å². The van der Waals surface area contributed by atoms with Crippen LogP contribution >= 0.6 is 11.6 Å². The molecule has 100 valence electrons. The minimum Gasteiger partial charge on any atom is -0.493 e. The molecule has 2 rings (SSSR count). The zero-order chi connectivity index (χ0) is 13.0. The summed E-state index contributed by atoms with van der Waals surface area (Å²) < 4.78 is 11.2. The fourth-order valence-corrected chi connectivity index (χ4v) is 2.36. The highest BCUT2D eigenvalue weighted by Gasteiger charge is 2.17. The first kappa shape index (κ1) is 13.7. The van der Waals surface area contributed by atoms with Crippen LogP contribution in [0.15, 0.2) is 18.2 Å². The molecule has 0 radical (unpaired) electrons. The van der Waals surface area contributed by atoms with Gasteiger partial charge in [-0.05, 0) is 31.9 Å². The number of hydrogen-bond donors (Lipinski definition) is 1. The molecule has 0 spiro atoms. The molecule has 0 bridgehead atoms. The van der Waals surface area contributed by atoms with Crippen LogP contribution in [-0.2, 0) is 11.2 Å². The zero-order valence-electron chi connectivity index (χ0n) is 10.7. The minimum atomic E-state index is 0.0714. The van der Waals surface area contributed by atoms with Crippen molar-refractivity contribution in [3.8, 4) is 5.75 Å². The van der Waals surface area contributed by atoms with Crippen LogP contribution in [0.2, 0.25) is 5.02 Å². The molecule has 0 aromatic heterocycles. The maximum atomic E-state index is 6.21. The maximum Gasteiger partial charge on any atom is 0.124 e. The molecule has 1 heterocycles. The minimum absolute atomic E-state index is 0.0714. The first-order valence-corrected chi connectivity index (χ1v) is 6.78. The molecular formula is C14H20ClNO2. The third-order valence-electron chi connectivity index (χ3n) is 3.10. The first-order valence-electron chi connectivity index (χ1n) is 6.40. The van der Waals surface area contributed by atoms with E-state index in [9.17, 15) is 0 Å². The van der Waals surface area contributed by atoms with Gasteiger partial charge < -0.3 is 15.2 Å². The predicted octanol–water partition coefficient (Wildman–Crippen LogP) is 2.65. The molecule has 3 nitrogen and oxygen atoms in total. The van der Waals surface area contributed by atoms with Crippen molar-refractivity contribution in [1.82, 2.24) is 0 Å². The topological polar surface area (TPSA) is 44.5 Å². The van der Waals surface area contributed by atoms with Crippen LogP contribution in [0.1, 0.15) is 18.9 Å². The molecule has 1 saturated heterocycles. The highest BCUT2D eigenvalue weighted by Crippen LogP contribution is 2.28. The van der Waals surface area contributed by atoms with Gasteiger partial charge in [0.05, 0.1) is 13.2 Å². The molecule has 1 aromatic carbocycles. The zero-order valence-corrected chi connectivity index (χ0v) is 11.5. The lowest BCUT2D eigenvalue weighted by molar-refractivity contribution is 0.166. The Hall–Kier alpha value is -0.770. The molecule has 1 aliphatic heterocycles. The largest absolute Gasteiger partial charge is 0.493 e. The first-order chi connectivity index (χ1) is 8.66. The second-order valence-corrected chi connectivity index (χ2v) is 5.35. The molecule has 2 unspecified atom stereocenters. The summed E-state index contributed by atoms with van der Waals surface area (Å²) in [5, 5.41) is 0.729. The Morgan fingerprint density at radius 3 is 3.06 bits per heavy atom.